The van der Waals surface area contributed by atoms with Crippen LogP contribution in [0.1, 0.15) is 12.8 Å². The van der Waals surface area contributed by atoms with Gasteiger partial charge in [-0.2, -0.15) is 0 Å². The van der Waals surface area contributed by atoms with Gasteiger partial charge in [0, 0.05) is 44.5 Å². The van der Waals surface area contributed by atoms with Gasteiger partial charge in [-0.25, -0.2) is 9.21 Å². The summed E-state index contributed by atoms with van der Waals surface area (Å²) in [6, 6.07) is 4.44. The Balaban J connectivity index is 1.55. The van der Waals surface area contributed by atoms with Crippen LogP contribution in [0.4, 0.5) is 10.5 Å². The smallest absolute Gasteiger partial charge is 0.339 e. The Morgan fingerprint density at radius 1 is 1.08 bits per heavy atom. The predicted molar refractivity (Wildman–Crippen MR) is 104 cm³/mol. The fraction of sp³-hybridized carbons (Fsp3) is 0.529. The summed E-state index contributed by atoms with van der Waals surface area (Å²) in [4.78, 5) is 28.7. The van der Waals surface area contributed by atoms with Gasteiger partial charge in [0.1, 0.15) is 0 Å². The Morgan fingerprint density at radius 2 is 1.77 bits per heavy atom. The molecular formula is C17H21Cl3N4O2. The minimum atomic E-state index is -0.337. The summed E-state index contributed by atoms with van der Waals surface area (Å²) in [6.45, 7) is 3.67. The number of piperazine rings is 1. The summed E-state index contributed by atoms with van der Waals surface area (Å²) in [7, 11) is 0. The molecule has 3 rings (SSSR count). The van der Waals surface area contributed by atoms with E-state index in [4.69, 9.17) is 35.0 Å². The van der Waals surface area contributed by atoms with Crippen LogP contribution in [0.2, 0.25) is 10.0 Å². The number of nitrogens with zero attached hydrogens (tertiary/aromatic N) is 3. The summed E-state index contributed by atoms with van der Waals surface area (Å²) < 4.78 is 1.03. The van der Waals surface area contributed by atoms with E-state index in [1.165, 1.54) is 0 Å². The molecule has 0 aliphatic carbocycles. The van der Waals surface area contributed by atoms with Crippen molar-refractivity contribution in [3.8, 4) is 0 Å². The van der Waals surface area contributed by atoms with Crippen LogP contribution in [0.25, 0.3) is 0 Å². The summed E-state index contributed by atoms with van der Waals surface area (Å²) in [5.74, 6) is 0.225. The number of hydrogen-bond acceptors (Lipinski definition) is 3. The third-order valence-corrected chi connectivity index (χ3v) is 5.88. The second-order valence-corrected chi connectivity index (χ2v) is 7.67. The molecule has 9 heteroatoms. The van der Waals surface area contributed by atoms with Gasteiger partial charge in [0.2, 0.25) is 5.91 Å². The standard InChI is InChI=1S/C17H21Cl3N4O2/c18-14-4-3-13(10-15(14)19)24(20)17(26)23-8-6-22(7-9-23)16(25)12-2-1-5-21-11-12/h3-4,10,12,21H,1-2,5-9,11H2. The topological polar surface area (TPSA) is 55.9 Å². The summed E-state index contributed by atoms with van der Waals surface area (Å²) in [5.41, 5.74) is 0.456. The lowest BCUT2D eigenvalue weighted by molar-refractivity contribution is -0.137. The number of hydrogen-bond donors (Lipinski definition) is 1. The van der Waals surface area contributed by atoms with E-state index in [0.717, 1.165) is 30.4 Å². The highest BCUT2D eigenvalue weighted by Gasteiger charge is 2.31. The second kappa shape index (κ2) is 8.65. The number of nitrogens with one attached hydrogen (secondary N) is 1. The molecule has 0 radical (unpaired) electrons. The highest BCUT2D eigenvalue weighted by atomic mass is 35.5. The van der Waals surface area contributed by atoms with Gasteiger partial charge >= 0.3 is 6.03 Å². The van der Waals surface area contributed by atoms with Crippen LogP contribution in [0.3, 0.4) is 0 Å². The van der Waals surface area contributed by atoms with Crippen molar-refractivity contribution in [2.45, 2.75) is 12.8 Å². The lowest BCUT2D eigenvalue weighted by Crippen LogP contribution is -2.54. The zero-order chi connectivity index (χ0) is 18.7. The molecule has 2 fully saturated rings. The quantitative estimate of drug-likeness (QED) is 0.749. The number of anilines is 1. The summed E-state index contributed by atoms with van der Waals surface area (Å²) in [6.07, 6.45) is 1.96. The average molecular weight is 420 g/mol. The molecule has 6 nitrogen and oxygen atoms in total. The van der Waals surface area contributed by atoms with E-state index in [0.29, 0.717) is 41.9 Å². The van der Waals surface area contributed by atoms with Crippen molar-refractivity contribution < 1.29 is 9.59 Å². The van der Waals surface area contributed by atoms with Crippen molar-refractivity contribution in [2.75, 3.05) is 43.7 Å². The van der Waals surface area contributed by atoms with Crippen LogP contribution >= 0.6 is 35.0 Å². The molecule has 2 saturated heterocycles. The largest absolute Gasteiger partial charge is 0.339 e. The lowest BCUT2D eigenvalue weighted by atomic mass is 9.98. The van der Waals surface area contributed by atoms with E-state index in [2.05, 4.69) is 5.32 Å². The van der Waals surface area contributed by atoms with E-state index >= 15 is 0 Å². The minimum Gasteiger partial charge on any atom is -0.339 e. The van der Waals surface area contributed by atoms with Crippen molar-refractivity contribution in [1.82, 2.24) is 15.1 Å². The SMILES string of the molecule is O=C(C1CCCNC1)N1CCN(C(=O)N(Cl)c2ccc(Cl)c(Cl)c2)CC1. The lowest BCUT2D eigenvalue weighted by Gasteiger charge is -2.38. The van der Waals surface area contributed by atoms with Crippen LogP contribution in [-0.2, 0) is 4.79 Å². The highest BCUT2D eigenvalue weighted by molar-refractivity contribution is 6.43. The Bertz CT molecular complexity index is 674. The molecule has 2 aliphatic heterocycles. The van der Waals surface area contributed by atoms with E-state index in [1.54, 1.807) is 23.1 Å². The first kappa shape index (κ1) is 19.5. The number of carbonyl (C=O) groups is 2. The molecule has 3 amide bonds. The van der Waals surface area contributed by atoms with Gasteiger partial charge in [0.25, 0.3) is 0 Å². The minimum absolute atomic E-state index is 0.0479. The summed E-state index contributed by atoms with van der Waals surface area (Å²) in [5, 5.41) is 4.00. The molecule has 1 N–H and O–H groups in total. The van der Waals surface area contributed by atoms with Crippen LogP contribution in [-0.4, -0.2) is 61.0 Å². The first-order chi connectivity index (χ1) is 12.5. The van der Waals surface area contributed by atoms with Crippen LogP contribution in [0.5, 0.6) is 0 Å². The molecule has 1 aromatic carbocycles. The summed E-state index contributed by atoms with van der Waals surface area (Å²) >= 11 is 18.1. The van der Waals surface area contributed by atoms with Crippen LogP contribution in [0, 0.1) is 5.92 Å². The van der Waals surface area contributed by atoms with Gasteiger partial charge in [-0.1, -0.05) is 23.2 Å². The molecule has 1 aromatic rings. The highest BCUT2D eigenvalue weighted by Crippen LogP contribution is 2.29. The number of halogens is 3. The first-order valence-electron chi connectivity index (χ1n) is 8.66. The fourth-order valence-corrected chi connectivity index (χ4v) is 3.79. The molecule has 0 aromatic heterocycles. The second-order valence-electron chi connectivity index (χ2n) is 6.52. The number of amides is 3. The average Bonchev–Trinajstić information content (AvgIpc) is 2.69. The van der Waals surface area contributed by atoms with Crippen molar-refractivity contribution >= 4 is 52.6 Å². The zero-order valence-electron chi connectivity index (χ0n) is 14.3. The molecule has 26 heavy (non-hydrogen) atoms. The first-order valence-corrected chi connectivity index (χ1v) is 9.76. The number of carbonyl (C=O) groups excluding carboxylic acids is 2. The molecule has 142 valence electrons. The molecule has 1 unspecified atom stereocenters. The molecule has 2 heterocycles. The fourth-order valence-electron chi connectivity index (χ4n) is 3.28. The Morgan fingerprint density at radius 3 is 2.38 bits per heavy atom. The van der Waals surface area contributed by atoms with Gasteiger partial charge in [-0.3, -0.25) is 4.79 Å². The Hall–Kier alpha value is -1.21. The third kappa shape index (κ3) is 4.36. The Kier molecular flexibility index (Phi) is 6.51. The third-order valence-electron chi connectivity index (χ3n) is 4.81. The monoisotopic (exact) mass is 418 g/mol. The van der Waals surface area contributed by atoms with Crippen molar-refractivity contribution in [1.29, 1.82) is 0 Å². The maximum Gasteiger partial charge on any atom is 0.339 e. The van der Waals surface area contributed by atoms with E-state index in [-0.39, 0.29) is 17.9 Å². The molecule has 1 atom stereocenters. The molecule has 0 bridgehead atoms. The van der Waals surface area contributed by atoms with Crippen molar-refractivity contribution in [3.05, 3.63) is 28.2 Å². The number of benzene rings is 1. The maximum absolute atomic E-state index is 12.6. The number of urea groups is 1. The molecule has 0 spiro atoms. The van der Waals surface area contributed by atoms with E-state index in [1.807, 2.05) is 4.90 Å². The van der Waals surface area contributed by atoms with Crippen molar-refractivity contribution in [2.24, 2.45) is 5.92 Å². The zero-order valence-corrected chi connectivity index (χ0v) is 16.5. The van der Waals surface area contributed by atoms with Gasteiger partial charge in [0.15, 0.2) is 0 Å². The normalized spacial score (nSPS) is 20.8. The van der Waals surface area contributed by atoms with Gasteiger partial charge < -0.3 is 15.1 Å². The van der Waals surface area contributed by atoms with Gasteiger partial charge in [-0.05, 0) is 37.6 Å². The van der Waals surface area contributed by atoms with Crippen LogP contribution < -0.4 is 9.74 Å². The number of rotatable bonds is 2. The Labute approximate surface area is 168 Å². The van der Waals surface area contributed by atoms with Crippen LogP contribution in [0.15, 0.2) is 18.2 Å². The van der Waals surface area contributed by atoms with Gasteiger partial charge in [-0.15, -0.1) is 0 Å². The predicted octanol–water partition coefficient (Wildman–Crippen LogP) is 3.22. The van der Waals surface area contributed by atoms with E-state index in [9.17, 15) is 9.59 Å². The van der Waals surface area contributed by atoms with Gasteiger partial charge in [0.05, 0.1) is 21.7 Å². The maximum atomic E-state index is 12.6. The van der Waals surface area contributed by atoms with E-state index < -0.39 is 0 Å². The molecule has 0 saturated carbocycles. The molecule has 2 aliphatic rings. The molecular weight excluding hydrogens is 399 g/mol. The van der Waals surface area contributed by atoms with Crippen molar-refractivity contribution in [3.63, 3.8) is 0 Å². The number of piperidine rings is 1.